The first-order valence-corrected chi connectivity index (χ1v) is 8.91. The Morgan fingerprint density at radius 1 is 1.38 bits per heavy atom. The molecule has 1 aromatic heterocycles. The maximum atomic E-state index is 12.8. The monoisotopic (exact) mass is 332 g/mol. The summed E-state index contributed by atoms with van der Waals surface area (Å²) in [5, 5.41) is 12.6. The molecule has 24 heavy (non-hydrogen) atoms. The number of aliphatic hydroxyl groups excluding tert-OH is 1. The molecule has 2 N–H and O–H groups in total. The third-order valence-electron chi connectivity index (χ3n) is 5.47. The molecular weight excluding hydrogens is 304 g/mol. The summed E-state index contributed by atoms with van der Waals surface area (Å²) >= 11 is 0. The number of hydrogen-bond acceptors (Lipinski definition) is 4. The van der Waals surface area contributed by atoms with Crippen LogP contribution >= 0.6 is 0 Å². The molecule has 5 heteroatoms. The van der Waals surface area contributed by atoms with Crippen LogP contribution in [-0.2, 0) is 0 Å². The summed E-state index contributed by atoms with van der Waals surface area (Å²) in [6, 6.07) is 2.01. The zero-order valence-corrected chi connectivity index (χ0v) is 15.1. The van der Waals surface area contributed by atoms with Crippen molar-refractivity contribution in [3.63, 3.8) is 0 Å². The number of ether oxygens (including phenoxy) is 1. The molecule has 1 aromatic rings. The van der Waals surface area contributed by atoms with E-state index in [0.29, 0.717) is 23.3 Å². The van der Waals surface area contributed by atoms with Crippen molar-refractivity contribution < 1.29 is 14.6 Å². The molecule has 0 spiro atoms. The fraction of sp³-hybridized carbons (Fsp3) is 0.684. The Balaban J connectivity index is 1.94. The van der Waals surface area contributed by atoms with Gasteiger partial charge in [0.05, 0.1) is 19.3 Å². The van der Waals surface area contributed by atoms with E-state index in [1.165, 1.54) is 18.4 Å². The van der Waals surface area contributed by atoms with Crippen molar-refractivity contribution in [2.75, 3.05) is 13.7 Å². The number of pyridine rings is 1. The number of aromatic nitrogens is 1. The van der Waals surface area contributed by atoms with Gasteiger partial charge in [-0.2, -0.15) is 0 Å². The van der Waals surface area contributed by atoms with Crippen molar-refractivity contribution in [2.45, 2.75) is 63.8 Å². The molecule has 1 heterocycles. The van der Waals surface area contributed by atoms with Gasteiger partial charge in [0.15, 0.2) is 11.4 Å². The number of hydrogen-bond donors (Lipinski definition) is 2. The third kappa shape index (κ3) is 3.27. The second-order valence-electron chi connectivity index (χ2n) is 7.75. The zero-order chi connectivity index (χ0) is 17.5. The van der Waals surface area contributed by atoms with E-state index >= 15 is 0 Å². The van der Waals surface area contributed by atoms with E-state index in [4.69, 9.17) is 9.72 Å². The first-order chi connectivity index (χ1) is 11.4. The van der Waals surface area contributed by atoms with Gasteiger partial charge in [0.25, 0.3) is 5.91 Å². The lowest BCUT2D eigenvalue weighted by Crippen LogP contribution is -2.53. The number of aliphatic hydroxyl groups is 1. The number of nitrogens with zero attached hydrogens (tertiary/aromatic N) is 1. The number of carbonyl (C=O) groups is 1. The predicted molar refractivity (Wildman–Crippen MR) is 92.5 cm³/mol. The van der Waals surface area contributed by atoms with E-state index in [0.717, 1.165) is 18.5 Å². The van der Waals surface area contributed by atoms with Crippen molar-refractivity contribution in [1.82, 2.24) is 10.3 Å². The topological polar surface area (TPSA) is 71.5 Å². The van der Waals surface area contributed by atoms with Crippen LogP contribution in [0.25, 0.3) is 0 Å². The molecular formula is C19H28N2O3. The van der Waals surface area contributed by atoms with Crippen LogP contribution in [-0.4, -0.2) is 35.3 Å². The number of nitrogens with one attached hydrogen (secondary N) is 1. The van der Waals surface area contributed by atoms with Crippen molar-refractivity contribution in [1.29, 1.82) is 0 Å². The molecule has 0 aromatic carbocycles. The van der Waals surface area contributed by atoms with E-state index in [9.17, 15) is 9.90 Å². The normalized spacial score (nSPS) is 19.9. The average Bonchev–Trinajstić information content (AvgIpc) is 3.45. The fourth-order valence-corrected chi connectivity index (χ4v) is 2.93. The summed E-state index contributed by atoms with van der Waals surface area (Å²) in [7, 11) is 1.58. The Kier molecular flexibility index (Phi) is 4.56. The molecule has 0 aliphatic heterocycles. The molecule has 2 aliphatic rings. The zero-order valence-electron chi connectivity index (χ0n) is 15.1. The van der Waals surface area contributed by atoms with Gasteiger partial charge in [0.2, 0.25) is 0 Å². The minimum Gasteiger partial charge on any atom is -0.494 e. The SMILES string of the molecule is COc1cc(C2CC2)c(C2CC2)nc1C(=O)N[C@](C)(CO)C(C)C. The van der Waals surface area contributed by atoms with Crippen molar-refractivity contribution >= 4 is 5.91 Å². The number of methoxy groups -OCH3 is 1. The molecule has 3 rings (SSSR count). The molecule has 5 nitrogen and oxygen atoms in total. The smallest absolute Gasteiger partial charge is 0.274 e. The maximum Gasteiger partial charge on any atom is 0.274 e. The van der Waals surface area contributed by atoms with Crippen LogP contribution in [0.3, 0.4) is 0 Å². The minimum atomic E-state index is -0.682. The Morgan fingerprint density at radius 2 is 2.00 bits per heavy atom. The van der Waals surface area contributed by atoms with Crippen LogP contribution in [0.15, 0.2) is 6.07 Å². The fourth-order valence-electron chi connectivity index (χ4n) is 2.93. The average molecular weight is 332 g/mol. The van der Waals surface area contributed by atoms with Crippen molar-refractivity contribution in [3.05, 3.63) is 23.0 Å². The maximum absolute atomic E-state index is 12.8. The first-order valence-electron chi connectivity index (χ1n) is 8.91. The number of amides is 1. The van der Waals surface area contributed by atoms with Gasteiger partial charge in [-0.15, -0.1) is 0 Å². The summed E-state index contributed by atoms with van der Waals surface area (Å²) in [6.45, 7) is 5.69. The first kappa shape index (κ1) is 17.2. The molecule has 0 saturated heterocycles. The Morgan fingerprint density at radius 3 is 2.46 bits per heavy atom. The Hall–Kier alpha value is -1.62. The quantitative estimate of drug-likeness (QED) is 0.805. The Labute approximate surface area is 143 Å². The van der Waals surface area contributed by atoms with Gasteiger partial charge < -0.3 is 15.2 Å². The second-order valence-corrected chi connectivity index (χ2v) is 7.75. The second kappa shape index (κ2) is 6.36. The van der Waals surface area contributed by atoms with Gasteiger partial charge in [-0.3, -0.25) is 4.79 Å². The summed E-state index contributed by atoms with van der Waals surface area (Å²) in [4.78, 5) is 17.6. The molecule has 0 bridgehead atoms. The highest BCUT2D eigenvalue weighted by Crippen LogP contribution is 2.49. The lowest BCUT2D eigenvalue weighted by molar-refractivity contribution is 0.0775. The van der Waals surface area contributed by atoms with Gasteiger partial charge in [-0.05, 0) is 56.1 Å². The Bertz CT molecular complexity index is 636. The molecule has 132 valence electrons. The number of rotatable bonds is 7. The van der Waals surface area contributed by atoms with E-state index in [1.54, 1.807) is 7.11 Å². The van der Waals surface area contributed by atoms with Crippen molar-refractivity contribution in [3.8, 4) is 5.75 Å². The van der Waals surface area contributed by atoms with Gasteiger partial charge in [0.1, 0.15) is 0 Å². The molecule has 1 atom stereocenters. The highest BCUT2D eigenvalue weighted by molar-refractivity contribution is 5.95. The van der Waals surface area contributed by atoms with E-state index < -0.39 is 5.54 Å². The molecule has 1 amide bonds. The van der Waals surface area contributed by atoms with Gasteiger partial charge in [-0.25, -0.2) is 4.98 Å². The molecule has 2 fully saturated rings. The van der Waals surface area contributed by atoms with Crippen LogP contribution in [0.2, 0.25) is 0 Å². The lowest BCUT2D eigenvalue weighted by atomic mass is 9.89. The van der Waals surface area contributed by atoms with Crippen LogP contribution in [0.4, 0.5) is 0 Å². The van der Waals surface area contributed by atoms with Gasteiger partial charge in [-0.1, -0.05) is 13.8 Å². The third-order valence-corrected chi connectivity index (χ3v) is 5.47. The summed E-state index contributed by atoms with van der Waals surface area (Å²) in [6.07, 6.45) is 4.71. The summed E-state index contributed by atoms with van der Waals surface area (Å²) in [5.74, 6) is 1.43. The summed E-state index contributed by atoms with van der Waals surface area (Å²) < 4.78 is 5.46. The lowest BCUT2D eigenvalue weighted by Gasteiger charge is -2.33. The van der Waals surface area contributed by atoms with E-state index in [-0.39, 0.29) is 18.4 Å². The van der Waals surface area contributed by atoms with Gasteiger partial charge >= 0.3 is 0 Å². The molecule has 0 unspecified atom stereocenters. The van der Waals surface area contributed by atoms with Crippen molar-refractivity contribution in [2.24, 2.45) is 5.92 Å². The van der Waals surface area contributed by atoms with E-state index in [2.05, 4.69) is 5.32 Å². The minimum absolute atomic E-state index is 0.103. The molecule has 2 saturated carbocycles. The highest BCUT2D eigenvalue weighted by atomic mass is 16.5. The summed E-state index contributed by atoms with van der Waals surface area (Å²) in [5.41, 5.74) is 2.00. The standard InChI is InChI=1S/C19H28N2O3/c1-11(2)19(3,10-22)21-18(23)17-15(24-4)9-14(12-5-6-12)16(20-17)13-7-8-13/h9,11-13,22H,5-8,10H2,1-4H3,(H,21,23)/t19-/m1/s1. The van der Waals surface area contributed by atoms with Crippen LogP contribution in [0, 0.1) is 5.92 Å². The highest BCUT2D eigenvalue weighted by Gasteiger charge is 2.37. The predicted octanol–water partition coefficient (Wildman–Crippen LogP) is 2.98. The van der Waals surface area contributed by atoms with Gasteiger partial charge in [0, 0.05) is 11.6 Å². The van der Waals surface area contributed by atoms with Crippen LogP contribution in [0.1, 0.15) is 80.0 Å². The van der Waals surface area contributed by atoms with Crippen LogP contribution < -0.4 is 10.1 Å². The van der Waals surface area contributed by atoms with Crippen LogP contribution in [0.5, 0.6) is 5.75 Å². The largest absolute Gasteiger partial charge is 0.494 e. The number of carbonyl (C=O) groups excluding carboxylic acids is 1. The molecule has 2 aliphatic carbocycles. The molecule has 0 radical (unpaired) electrons. The van der Waals surface area contributed by atoms with E-state index in [1.807, 2.05) is 26.8 Å².